The van der Waals surface area contributed by atoms with E-state index in [2.05, 4.69) is 5.32 Å². The molecule has 0 radical (unpaired) electrons. The van der Waals surface area contributed by atoms with E-state index in [0.717, 1.165) is 5.56 Å². The molecule has 0 fully saturated rings. The fourth-order valence-electron chi connectivity index (χ4n) is 1.50. The van der Waals surface area contributed by atoms with Crippen LogP contribution in [0.1, 0.15) is 18.4 Å². The minimum atomic E-state index is -1.03. The van der Waals surface area contributed by atoms with Gasteiger partial charge in [-0.25, -0.2) is 0 Å². The molecule has 1 atom stereocenters. The van der Waals surface area contributed by atoms with E-state index < -0.39 is 17.9 Å². The van der Waals surface area contributed by atoms with E-state index in [-0.39, 0.29) is 12.8 Å². The summed E-state index contributed by atoms with van der Waals surface area (Å²) in [6.07, 6.45) is 0.714. The molecule has 18 heavy (non-hydrogen) atoms. The molecule has 0 aromatic heterocycles. The van der Waals surface area contributed by atoms with E-state index in [0.29, 0.717) is 12.7 Å². The molecule has 1 rings (SSSR count). The molecule has 0 bridgehead atoms. The first-order valence-corrected chi connectivity index (χ1v) is 5.62. The average molecular weight is 249 g/mol. The summed E-state index contributed by atoms with van der Waals surface area (Å²) in [5.74, 6) is -1.46. The van der Waals surface area contributed by atoms with Crippen molar-refractivity contribution in [2.75, 3.05) is 0 Å². The molecule has 0 aliphatic heterocycles. The van der Waals surface area contributed by atoms with Crippen LogP contribution in [-0.2, 0) is 20.8 Å². The van der Waals surface area contributed by atoms with E-state index in [4.69, 9.17) is 5.11 Å². The summed E-state index contributed by atoms with van der Waals surface area (Å²) in [5, 5.41) is 10.9. The third-order valence-electron chi connectivity index (χ3n) is 2.38. The van der Waals surface area contributed by atoms with Gasteiger partial charge >= 0.3 is 5.97 Å². The number of carbonyl (C=O) groups is 3. The molecule has 0 heterocycles. The highest BCUT2D eigenvalue weighted by atomic mass is 16.4. The van der Waals surface area contributed by atoms with Gasteiger partial charge in [0.15, 0.2) is 0 Å². The Morgan fingerprint density at radius 2 is 1.89 bits per heavy atom. The zero-order valence-corrected chi connectivity index (χ0v) is 9.83. The Labute approximate surface area is 105 Å². The molecule has 0 aliphatic carbocycles. The predicted octanol–water partition coefficient (Wildman–Crippen LogP) is 0.778. The van der Waals surface area contributed by atoms with Gasteiger partial charge < -0.3 is 15.2 Å². The van der Waals surface area contributed by atoms with Gasteiger partial charge in [-0.05, 0) is 12.0 Å². The van der Waals surface area contributed by atoms with E-state index in [9.17, 15) is 14.4 Å². The number of amides is 1. The monoisotopic (exact) mass is 249 g/mol. The molecule has 0 saturated carbocycles. The van der Waals surface area contributed by atoms with Gasteiger partial charge in [0.2, 0.25) is 5.91 Å². The molecule has 0 spiro atoms. The Bertz CT molecular complexity index is 416. The van der Waals surface area contributed by atoms with Crippen LogP contribution in [0.4, 0.5) is 0 Å². The van der Waals surface area contributed by atoms with Crippen molar-refractivity contribution in [3.8, 4) is 0 Å². The number of hydrogen-bond acceptors (Lipinski definition) is 3. The second-order valence-corrected chi connectivity index (χ2v) is 3.89. The Balaban J connectivity index is 2.45. The smallest absolute Gasteiger partial charge is 0.303 e. The standard InChI is InChI=1S/C13H15NO4/c15-9-11(8-10-4-2-1-3-5-10)14-12(16)6-7-13(17)18/h1-5,9,11H,6-8H2,(H,14,16)(H,17,18)/t11-/m1/s1. The number of benzene rings is 1. The maximum absolute atomic E-state index is 11.4. The second kappa shape index (κ2) is 7.21. The maximum Gasteiger partial charge on any atom is 0.303 e. The zero-order chi connectivity index (χ0) is 13.4. The van der Waals surface area contributed by atoms with Gasteiger partial charge in [0.25, 0.3) is 0 Å². The van der Waals surface area contributed by atoms with Gasteiger partial charge in [0, 0.05) is 6.42 Å². The Morgan fingerprint density at radius 1 is 1.22 bits per heavy atom. The van der Waals surface area contributed by atoms with Crippen molar-refractivity contribution in [3.63, 3.8) is 0 Å². The lowest BCUT2D eigenvalue weighted by Crippen LogP contribution is -2.37. The van der Waals surface area contributed by atoms with Crippen LogP contribution in [-0.4, -0.2) is 29.3 Å². The minimum absolute atomic E-state index is 0.117. The molecule has 1 aromatic rings. The SMILES string of the molecule is O=C[C@@H](Cc1ccccc1)NC(=O)CCC(=O)O. The summed E-state index contributed by atoms with van der Waals surface area (Å²) in [5.41, 5.74) is 0.938. The van der Waals surface area contributed by atoms with Gasteiger partial charge in [-0.1, -0.05) is 30.3 Å². The molecular formula is C13H15NO4. The molecule has 1 aromatic carbocycles. The van der Waals surface area contributed by atoms with Crippen molar-refractivity contribution in [3.05, 3.63) is 35.9 Å². The molecule has 1 amide bonds. The Morgan fingerprint density at radius 3 is 2.44 bits per heavy atom. The lowest BCUT2D eigenvalue weighted by atomic mass is 10.1. The van der Waals surface area contributed by atoms with Crippen LogP contribution in [0.15, 0.2) is 30.3 Å². The number of hydrogen-bond donors (Lipinski definition) is 2. The van der Waals surface area contributed by atoms with E-state index >= 15 is 0 Å². The number of nitrogens with one attached hydrogen (secondary N) is 1. The first-order valence-electron chi connectivity index (χ1n) is 5.62. The summed E-state index contributed by atoms with van der Waals surface area (Å²) in [7, 11) is 0. The highest BCUT2D eigenvalue weighted by Gasteiger charge is 2.12. The van der Waals surface area contributed by atoms with Crippen LogP contribution in [0.2, 0.25) is 0 Å². The van der Waals surface area contributed by atoms with E-state index in [1.807, 2.05) is 30.3 Å². The van der Waals surface area contributed by atoms with Gasteiger partial charge in [0.05, 0.1) is 12.5 Å². The topological polar surface area (TPSA) is 83.5 Å². The van der Waals surface area contributed by atoms with E-state index in [1.165, 1.54) is 0 Å². The normalized spacial score (nSPS) is 11.6. The van der Waals surface area contributed by atoms with Gasteiger partial charge in [0.1, 0.15) is 6.29 Å². The lowest BCUT2D eigenvalue weighted by molar-refractivity contribution is -0.138. The first-order chi connectivity index (χ1) is 8.61. The van der Waals surface area contributed by atoms with Gasteiger partial charge in [-0.3, -0.25) is 9.59 Å². The van der Waals surface area contributed by atoms with Crippen LogP contribution in [0.3, 0.4) is 0 Å². The predicted molar refractivity (Wildman–Crippen MR) is 65.0 cm³/mol. The summed E-state index contributed by atoms with van der Waals surface area (Å²) < 4.78 is 0. The van der Waals surface area contributed by atoms with Crippen molar-refractivity contribution in [2.24, 2.45) is 0 Å². The van der Waals surface area contributed by atoms with Crippen LogP contribution in [0, 0.1) is 0 Å². The molecule has 0 unspecified atom stereocenters. The van der Waals surface area contributed by atoms with Gasteiger partial charge in [-0.15, -0.1) is 0 Å². The quantitative estimate of drug-likeness (QED) is 0.699. The number of carboxylic acid groups (broad SMARTS) is 1. The summed E-state index contributed by atoms with van der Waals surface area (Å²) in [6, 6.07) is 8.67. The maximum atomic E-state index is 11.4. The number of rotatable bonds is 7. The van der Waals surface area contributed by atoms with Crippen LogP contribution in [0.25, 0.3) is 0 Å². The van der Waals surface area contributed by atoms with Crippen molar-refractivity contribution in [2.45, 2.75) is 25.3 Å². The van der Waals surface area contributed by atoms with Crippen molar-refractivity contribution >= 4 is 18.2 Å². The summed E-state index contributed by atoms with van der Waals surface area (Å²) in [6.45, 7) is 0. The van der Waals surface area contributed by atoms with E-state index in [1.54, 1.807) is 0 Å². The Hall–Kier alpha value is -2.17. The summed E-state index contributed by atoms with van der Waals surface area (Å²) in [4.78, 5) is 32.5. The molecule has 5 nitrogen and oxygen atoms in total. The molecule has 0 aliphatic rings. The molecule has 96 valence electrons. The van der Waals surface area contributed by atoms with Gasteiger partial charge in [-0.2, -0.15) is 0 Å². The summed E-state index contributed by atoms with van der Waals surface area (Å²) >= 11 is 0. The fraction of sp³-hybridized carbons (Fsp3) is 0.308. The first kappa shape index (κ1) is 13.9. The highest BCUT2D eigenvalue weighted by Crippen LogP contribution is 2.02. The molecule has 0 saturated heterocycles. The van der Waals surface area contributed by atoms with Crippen molar-refractivity contribution in [1.29, 1.82) is 0 Å². The largest absolute Gasteiger partial charge is 0.481 e. The fourth-order valence-corrected chi connectivity index (χ4v) is 1.50. The minimum Gasteiger partial charge on any atom is -0.481 e. The Kier molecular flexibility index (Phi) is 5.57. The number of aliphatic carboxylic acids is 1. The second-order valence-electron chi connectivity index (χ2n) is 3.89. The third-order valence-corrected chi connectivity index (χ3v) is 2.38. The van der Waals surface area contributed by atoms with Crippen LogP contribution in [0.5, 0.6) is 0 Å². The van der Waals surface area contributed by atoms with Crippen molar-refractivity contribution < 1.29 is 19.5 Å². The number of aldehydes is 1. The molecule has 5 heteroatoms. The highest BCUT2D eigenvalue weighted by molar-refractivity contribution is 5.82. The van der Waals surface area contributed by atoms with Crippen molar-refractivity contribution in [1.82, 2.24) is 5.32 Å². The zero-order valence-electron chi connectivity index (χ0n) is 9.83. The third kappa shape index (κ3) is 5.25. The number of carbonyl (C=O) groups excluding carboxylic acids is 2. The van der Waals surface area contributed by atoms with Crippen LogP contribution >= 0.6 is 0 Å². The van der Waals surface area contributed by atoms with Crippen LogP contribution < -0.4 is 5.32 Å². The number of carboxylic acids is 1. The molecule has 2 N–H and O–H groups in total. The lowest BCUT2D eigenvalue weighted by Gasteiger charge is -2.12. The average Bonchev–Trinajstić information content (AvgIpc) is 2.37. The molecular weight excluding hydrogens is 234 g/mol.